The van der Waals surface area contributed by atoms with E-state index in [1.165, 1.54) is 0 Å². The summed E-state index contributed by atoms with van der Waals surface area (Å²) in [4.78, 5) is 21.1. The van der Waals surface area contributed by atoms with E-state index in [4.69, 9.17) is 5.11 Å². The molecule has 0 saturated carbocycles. The first-order chi connectivity index (χ1) is 6.92. The smallest absolute Gasteiger partial charge is 0.312 e. The molecular formula is C8H13NO5S. The van der Waals surface area contributed by atoms with Crippen molar-refractivity contribution in [2.45, 2.75) is 24.5 Å². The van der Waals surface area contributed by atoms with E-state index in [0.29, 0.717) is 12.8 Å². The van der Waals surface area contributed by atoms with E-state index < -0.39 is 33.4 Å². The molecule has 1 heterocycles. The van der Waals surface area contributed by atoms with Crippen molar-refractivity contribution in [2.24, 2.45) is 0 Å². The predicted octanol–water partition coefficient (Wildman–Crippen LogP) is -0.845. The van der Waals surface area contributed by atoms with Gasteiger partial charge in [-0.25, -0.2) is 8.42 Å². The summed E-state index contributed by atoms with van der Waals surface area (Å²) in [6, 6.07) is 0. The second-order valence-electron chi connectivity index (χ2n) is 3.51. The number of aliphatic carboxylic acids is 1. The number of hydrogen-bond donors (Lipinski definition) is 2. The van der Waals surface area contributed by atoms with Crippen molar-refractivity contribution in [3.8, 4) is 0 Å². The van der Waals surface area contributed by atoms with Crippen LogP contribution in [0.15, 0.2) is 0 Å². The number of carbonyl (C=O) groups excluding carboxylic acids is 1. The summed E-state index contributed by atoms with van der Waals surface area (Å²) < 4.78 is 22.7. The highest BCUT2D eigenvalue weighted by Crippen LogP contribution is 2.18. The molecule has 0 bridgehead atoms. The lowest BCUT2D eigenvalue weighted by Gasteiger charge is -2.09. The summed E-state index contributed by atoms with van der Waals surface area (Å²) in [5.74, 6) is -1.71. The molecule has 1 aliphatic heterocycles. The molecule has 1 unspecified atom stereocenters. The Kier molecular flexibility index (Phi) is 3.67. The number of carboxylic acids is 1. The maximum atomic E-state index is 11.3. The zero-order valence-electron chi connectivity index (χ0n) is 8.10. The molecule has 1 saturated heterocycles. The fourth-order valence-electron chi connectivity index (χ4n) is 1.51. The number of nitrogens with one attached hydrogen (secondary N) is 1. The Labute approximate surface area is 87.6 Å². The quantitative estimate of drug-likeness (QED) is 0.618. The number of amides is 1. The van der Waals surface area contributed by atoms with Gasteiger partial charge < -0.3 is 10.4 Å². The number of carboxylic acid groups (broad SMARTS) is 1. The normalized spacial score (nSPS) is 23.6. The van der Waals surface area contributed by atoms with Crippen LogP contribution in [0.4, 0.5) is 0 Å². The second-order valence-corrected chi connectivity index (χ2v) is 5.91. The Morgan fingerprint density at radius 1 is 1.40 bits per heavy atom. The molecule has 1 aliphatic rings. The topological polar surface area (TPSA) is 101 Å². The molecule has 1 rings (SSSR count). The average Bonchev–Trinajstić information content (AvgIpc) is 2.40. The van der Waals surface area contributed by atoms with Crippen molar-refractivity contribution < 1.29 is 23.1 Å². The number of rotatable bonds is 4. The van der Waals surface area contributed by atoms with Crippen LogP contribution in [0.5, 0.6) is 0 Å². The molecule has 15 heavy (non-hydrogen) atoms. The van der Waals surface area contributed by atoms with E-state index >= 15 is 0 Å². The highest BCUT2D eigenvalue weighted by Gasteiger charge is 2.31. The summed E-state index contributed by atoms with van der Waals surface area (Å²) in [7, 11) is -3.07. The maximum absolute atomic E-state index is 11.3. The third kappa shape index (κ3) is 3.50. The maximum Gasteiger partial charge on any atom is 0.312 e. The van der Waals surface area contributed by atoms with Gasteiger partial charge in [0.2, 0.25) is 5.91 Å². The zero-order chi connectivity index (χ0) is 11.5. The van der Waals surface area contributed by atoms with E-state index in [1.807, 2.05) is 0 Å². The molecule has 7 heteroatoms. The fraction of sp³-hybridized carbons (Fsp3) is 0.750. The standard InChI is InChI=1S/C8H13NO5S/c10-7(4-8(11)12)9-5-6-2-1-3-15(6,13)14/h6H,1-5H2,(H,9,10)(H,11,12). The lowest BCUT2D eigenvalue weighted by atomic mass is 10.2. The molecule has 1 amide bonds. The molecule has 0 aliphatic carbocycles. The van der Waals surface area contributed by atoms with Crippen molar-refractivity contribution in [2.75, 3.05) is 12.3 Å². The van der Waals surface area contributed by atoms with E-state index in [9.17, 15) is 18.0 Å². The first kappa shape index (κ1) is 12.0. The van der Waals surface area contributed by atoms with Gasteiger partial charge in [0, 0.05) is 6.54 Å². The first-order valence-electron chi connectivity index (χ1n) is 4.62. The Morgan fingerprint density at radius 3 is 2.53 bits per heavy atom. The third-order valence-corrected chi connectivity index (χ3v) is 4.58. The van der Waals surface area contributed by atoms with E-state index in [1.54, 1.807) is 0 Å². The van der Waals surface area contributed by atoms with Crippen LogP contribution in [-0.2, 0) is 19.4 Å². The molecule has 0 spiro atoms. The largest absolute Gasteiger partial charge is 0.481 e. The Bertz CT molecular complexity index is 361. The van der Waals surface area contributed by atoms with Gasteiger partial charge in [0.25, 0.3) is 0 Å². The number of sulfone groups is 1. The molecule has 2 N–H and O–H groups in total. The lowest BCUT2D eigenvalue weighted by molar-refractivity contribution is -0.140. The fourth-order valence-corrected chi connectivity index (χ4v) is 3.28. The summed E-state index contributed by atoms with van der Waals surface area (Å²) in [5.41, 5.74) is 0. The van der Waals surface area contributed by atoms with Crippen LogP contribution in [-0.4, -0.2) is 42.9 Å². The second kappa shape index (κ2) is 4.61. The minimum absolute atomic E-state index is 0.0223. The monoisotopic (exact) mass is 235 g/mol. The van der Waals surface area contributed by atoms with E-state index in [-0.39, 0.29) is 12.3 Å². The highest BCUT2D eigenvalue weighted by molar-refractivity contribution is 7.92. The summed E-state index contributed by atoms with van der Waals surface area (Å²) in [6.07, 6.45) is 0.532. The Morgan fingerprint density at radius 2 is 2.07 bits per heavy atom. The van der Waals surface area contributed by atoms with Crippen LogP contribution in [0.25, 0.3) is 0 Å². The minimum atomic E-state index is -3.07. The molecule has 1 fully saturated rings. The molecule has 0 aromatic heterocycles. The van der Waals surface area contributed by atoms with Crippen LogP contribution >= 0.6 is 0 Å². The van der Waals surface area contributed by atoms with Gasteiger partial charge in [0.15, 0.2) is 9.84 Å². The zero-order valence-corrected chi connectivity index (χ0v) is 8.92. The molecular weight excluding hydrogens is 222 g/mol. The SMILES string of the molecule is O=C(O)CC(=O)NCC1CCCS1(=O)=O. The Balaban J connectivity index is 2.38. The molecule has 6 nitrogen and oxygen atoms in total. The lowest BCUT2D eigenvalue weighted by Crippen LogP contribution is -2.35. The highest BCUT2D eigenvalue weighted by atomic mass is 32.2. The van der Waals surface area contributed by atoms with E-state index in [2.05, 4.69) is 5.32 Å². The Hall–Kier alpha value is -1.11. The first-order valence-corrected chi connectivity index (χ1v) is 6.33. The molecule has 0 aromatic carbocycles. The van der Waals surface area contributed by atoms with Crippen molar-refractivity contribution in [1.82, 2.24) is 5.32 Å². The average molecular weight is 235 g/mol. The van der Waals surface area contributed by atoms with Crippen molar-refractivity contribution >= 4 is 21.7 Å². The van der Waals surface area contributed by atoms with Gasteiger partial charge in [0.1, 0.15) is 6.42 Å². The number of hydrogen-bond acceptors (Lipinski definition) is 4. The molecule has 1 atom stereocenters. The van der Waals surface area contributed by atoms with Crippen LogP contribution in [0, 0.1) is 0 Å². The van der Waals surface area contributed by atoms with Gasteiger partial charge >= 0.3 is 5.97 Å². The van der Waals surface area contributed by atoms with E-state index in [0.717, 1.165) is 0 Å². The summed E-state index contributed by atoms with van der Waals surface area (Å²) in [5, 5.41) is 10.1. The minimum Gasteiger partial charge on any atom is -0.481 e. The van der Waals surface area contributed by atoms with Crippen LogP contribution in [0.2, 0.25) is 0 Å². The van der Waals surface area contributed by atoms with Crippen molar-refractivity contribution in [1.29, 1.82) is 0 Å². The predicted molar refractivity (Wildman–Crippen MR) is 52.1 cm³/mol. The molecule has 0 aromatic rings. The van der Waals surface area contributed by atoms with Crippen molar-refractivity contribution in [3.05, 3.63) is 0 Å². The van der Waals surface area contributed by atoms with Gasteiger partial charge in [-0.15, -0.1) is 0 Å². The van der Waals surface area contributed by atoms with Gasteiger partial charge in [-0.1, -0.05) is 0 Å². The molecule has 86 valence electrons. The molecule has 0 radical (unpaired) electrons. The number of carbonyl (C=O) groups is 2. The van der Waals surface area contributed by atoms with Gasteiger partial charge in [-0.05, 0) is 12.8 Å². The van der Waals surface area contributed by atoms with Crippen LogP contribution < -0.4 is 5.32 Å². The summed E-state index contributed by atoms with van der Waals surface area (Å²) in [6.45, 7) is 0.0223. The van der Waals surface area contributed by atoms with Gasteiger partial charge in [0.05, 0.1) is 11.0 Å². The summed E-state index contributed by atoms with van der Waals surface area (Å²) >= 11 is 0. The van der Waals surface area contributed by atoms with Crippen molar-refractivity contribution in [3.63, 3.8) is 0 Å². The van der Waals surface area contributed by atoms with Gasteiger partial charge in [-0.2, -0.15) is 0 Å². The van der Waals surface area contributed by atoms with Gasteiger partial charge in [-0.3, -0.25) is 9.59 Å². The third-order valence-electron chi connectivity index (χ3n) is 2.30. The van der Waals surface area contributed by atoms with Crippen LogP contribution in [0.1, 0.15) is 19.3 Å². The van der Waals surface area contributed by atoms with Crippen LogP contribution in [0.3, 0.4) is 0 Å².